The molecule has 2 aromatic rings. The average molecular weight is 357 g/mol. The Morgan fingerprint density at radius 3 is 2.35 bits per heavy atom. The normalized spacial score (nSPS) is 10.3. The van der Waals surface area contributed by atoms with Gasteiger partial charge < -0.3 is 11.1 Å². The van der Waals surface area contributed by atoms with Crippen LogP contribution in [0.3, 0.4) is 0 Å². The van der Waals surface area contributed by atoms with Crippen molar-refractivity contribution in [3.63, 3.8) is 0 Å². The van der Waals surface area contributed by atoms with Crippen molar-refractivity contribution in [3.05, 3.63) is 69.3 Å². The quantitative estimate of drug-likeness (QED) is 0.476. The number of benzene rings is 2. The number of nitro groups is 1. The second-order valence-electron chi connectivity index (χ2n) is 6.62. The maximum Gasteiger partial charge on any atom is 0.269 e. The molecule has 0 aliphatic carbocycles. The van der Waals surface area contributed by atoms with Gasteiger partial charge >= 0.3 is 0 Å². The van der Waals surface area contributed by atoms with Crippen LogP contribution in [-0.4, -0.2) is 18.5 Å². The van der Waals surface area contributed by atoms with Crippen LogP contribution in [0.15, 0.2) is 42.5 Å². The Morgan fingerprint density at radius 1 is 1.04 bits per heavy atom. The molecule has 0 bridgehead atoms. The monoisotopic (exact) mass is 357 g/mol. The molecule has 5 heteroatoms. The Labute approximate surface area is 156 Å². The van der Waals surface area contributed by atoms with E-state index in [1.165, 1.54) is 29.7 Å². The van der Waals surface area contributed by atoms with Crippen LogP contribution < -0.4 is 11.1 Å². The summed E-state index contributed by atoms with van der Waals surface area (Å²) in [4.78, 5) is 12.7. The predicted molar refractivity (Wildman–Crippen MR) is 110 cm³/mol. The highest BCUT2D eigenvalue weighted by Crippen LogP contribution is 2.25. The summed E-state index contributed by atoms with van der Waals surface area (Å²) < 4.78 is 0. The molecule has 0 aliphatic heterocycles. The molecule has 0 saturated carbocycles. The zero-order valence-corrected chi connectivity index (χ0v) is 16.2. The van der Waals surface area contributed by atoms with E-state index in [4.69, 9.17) is 0 Å². The molecule has 3 N–H and O–H groups in total. The fourth-order valence-corrected chi connectivity index (χ4v) is 3.14. The topological polar surface area (TPSA) is 81.4 Å². The Morgan fingerprint density at radius 2 is 1.73 bits per heavy atom. The molecule has 5 nitrogen and oxygen atoms in total. The van der Waals surface area contributed by atoms with Gasteiger partial charge in [0.2, 0.25) is 0 Å². The minimum Gasteiger partial charge on any atom is -0.374 e. The van der Waals surface area contributed by atoms with Gasteiger partial charge in [0.25, 0.3) is 5.69 Å². The zero-order chi connectivity index (χ0) is 18.2. The second kappa shape index (κ2) is 10.6. The zero-order valence-electron chi connectivity index (χ0n) is 16.2. The second-order valence-corrected chi connectivity index (χ2v) is 6.62. The van der Waals surface area contributed by atoms with Crippen molar-refractivity contribution < 1.29 is 4.92 Å². The number of unbranched alkanes of at least 4 members (excludes halogenated alkanes) is 1. The summed E-state index contributed by atoms with van der Waals surface area (Å²) in [6.07, 6.45) is 5.40. The summed E-state index contributed by atoms with van der Waals surface area (Å²) in [5, 5.41) is 10.7. The molecule has 0 radical (unpaired) electrons. The number of hydrogen-bond acceptors (Lipinski definition) is 4. The van der Waals surface area contributed by atoms with Crippen molar-refractivity contribution in [1.82, 2.24) is 6.15 Å². The van der Waals surface area contributed by atoms with Crippen LogP contribution >= 0.6 is 0 Å². The van der Waals surface area contributed by atoms with Gasteiger partial charge in [0.05, 0.1) is 4.92 Å². The van der Waals surface area contributed by atoms with Crippen molar-refractivity contribution in [2.75, 3.05) is 18.5 Å². The average Bonchev–Trinajstić information content (AvgIpc) is 2.61. The molecule has 0 aromatic heterocycles. The molecular weight excluding hydrogens is 326 g/mol. The Kier molecular flexibility index (Phi) is 8.79. The lowest BCUT2D eigenvalue weighted by molar-refractivity contribution is -0.384. The molecule has 0 unspecified atom stereocenters. The molecule has 0 atom stereocenters. The van der Waals surface area contributed by atoms with Gasteiger partial charge in [-0.25, -0.2) is 0 Å². The predicted octanol–water partition coefficient (Wildman–Crippen LogP) is 5.48. The van der Waals surface area contributed by atoms with Gasteiger partial charge in [-0.15, -0.1) is 0 Å². The van der Waals surface area contributed by atoms with E-state index in [9.17, 15) is 10.1 Å². The highest BCUT2D eigenvalue weighted by atomic mass is 16.6. The number of rotatable bonds is 9. The summed E-state index contributed by atoms with van der Waals surface area (Å²) in [7, 11) is 2.17. The third-order valence-electron chi connectivity index (χ3n) is 4.68. The molecule has 142 valence electrons. The van der Waals surface area contributed by atoms with Gasteiger partial charge in [0.1, 0.15) is 0 Å². The molecule has 26 heavy (non-hydrogen) atoms. The van der Waals surface area contributed by atoms with E-state index in [-0.39, 0.29) is 16.8 Å². The lowest BCUT2D eigenvalue weighted by atomic mass is 9.98. The molecule has 0 heterocycles. The van der Waals surface area contributed by atoms with Crippen LogP contribution in [0, 0.1) is 17.0 Å². The van der Waals surface area contributed by atoms with E-state index < -0.39 is 0 Å². The Hall–Kier alpha value is -2.40. The van der Waals surface area contributed by atoms with Crippen LogP contribution in [-0.2, 0) is 12.8 Å². The summed E-state index contributed by atoms with van der Waals surface area (Å²) >= 11 is 0. The van der Waals surface area contributed by atoms with Gasteiger partial charge in [-0.2, -0.15) is 0 Å². The fourth-order valence-electron chi connectivity index (χ4n) is 3.14. The van der Waals surface area contributed by atoms with Gasteiger partial charge in [-0.05, 0) is 55.4 Å². The van der Waals surface area contributed by atoms with Crippen molar-refractivity contribution >= 4 is 11.4 Å². The van der Waals surface area contributed by atoms with Crippen molar-refractivity contribution in [2.24, 2.45) is 0 Å². The molecule has 0 fully saturated rings. The van der Waals surface area contributed by atoms with Crippen LogP contribution in [0.2, 0.25) is 0 Å². The first-order valence-corrected chi connectivity index (χ1v) is 9.06. The van der Waals surface area contributed by atoms with E-state index in [2.05, 4.69) is 44.0 Å². The van der Waals surface area contributed by atoms with Crippen molar-refractivity contribution in [3.8, 4) is 0 Å². The van der Waals surface area contributed by atoms with Crippen LogP contribution in [0.1, 0.15) is 42.9 Å². The van der Waals surface area contributed by atoms with Crippen molar-refractivity contribution in [2.45, 2.75) is 46.0 Å². The maximum atomic E-state index is 10.7. The Bertz CT molecular complexity index is 699. The van der Waals surface area contributed by atoms with Gasteiger partial charge in [-0.3, -0.25) is 10.1 Å². The molecule has 0 aliphatic rings. The summed E-state index contributed by atoms with van der Waals surface area (Å²) in [5.41, 5.74) is 5.40. The molecule has 0 spiro atoms. The number of anilines is 1. The summed E-state index contributed by atoms with van der Waals surface area (Å²) in [6, 6.07) is 13.4. The van der Waals surface area contributed by atoms with Crippen molar-refractivity contribution in [1.29, 1.82) is 0 Å². The van der Waals surface area contributed by atoms with E-state index in [0.717, 1.165) is 31.4 Å². The fraction of sp³-hybridized carbons (Fsp3) is 0.429. The summed E-state index contributed by atoms with van der Waals surface area (Å²) in [6.45, 7) is 5.48. The first-order valence-electron chi connectivity index (χ1n) is 9.06. The van der Waals surface area contributed by atoms with Crippen LogP contribution in [0.4, 0.5) is 11.4 Å². The van der Waals surface area contributed by atoms with E-state index in [1.807, 2.05) is 12.1 Å². The van der Waals surface area contributed by atoms with E-state index in [1.54, 1.807) is 12.1 Å². The van der Waals surface area contributed by atoms with Gasteiger partial charge in [0, 0.05) is 31.4 Å². The number of hydrogen-bond donors (Lipinski definition) is 1. The molecule has 0 saturated heterocycles. The smallest absolute Gasteiger partial charge is 0.269 e. The first-order chi connectivity index (χ1) is 12.0. The lowest BCUT2D eigenvalue weighted by Crippen LogP contribution is -2.20. The molecule has 0 amide bonds. The third kappa shape index (κ3) is 5.85. The first kappa shape index (κ1) is 21.6. The number of nitrogens with zero attached hydrogens (tertiary/aromatic N) is 2. The molecular formula is C21H31N3O2. The Balaban J connectivity index is 0.00000338. The molecule has 2 rings (SSSR count). The van der Waals surface area contributed by atoms with Gasteiger partial charge in [-0.1, -0.05) is 37.6 Å². The van der Waals surface area contributed by atoms with E-state index >= 15 is 0 Å². The highest BCUT2D eigenvalue weighted by Gasteiger charge is 2.10. The summed E-state index contributed by atoms with van der Waals surface area (Å²) in [5.74, 6) is 0. The minimum atomic E-state index is -0.352. The third-order valence-corrected chi connectivity index (χ3v) is 4.68. The number of non-ortho nitro benzene ring substituents is 1. The molecule has 2 aromatic carbocycles. The minimum absolute atomic E-state index is 0. The van der Waals surface area contributed by atoms with E-state index in [0.29, 0.717) is 0 Å². The highest BCUT2D eigenvalue weighted by molar-refractivity contribution is 5.56. The lowest BCUT2D eigenvalue weighted by Gasteiger charge is -2.23. The van der Waals surface area contributed by atoms with Crippen LogP contribution in [0.25, 0.3) is 0 Å². The largest absolute Gasteiger partial charge is 0.374 e. The maximum absolute atomic E-state index is 10.7. The SMILES string of the molecule is CCCCN(C)c1cccc(C)c1CCCc1ccc([N+](=O)[O-])cc1.N. The standard InChI is InChI=1S/C21H28N2O2.H3N/c1-4-5-16-22(3)21-11-6-8-17(2)20(21)10-7-9-18-12-14-19(15-13-18)23(24)25;/h6,8,11-15H,4-5,7,9-10,16H2,1-3H3;1H3. The number of aryl methyl sites for hydroxylation is 2. The van der Waals surface area contributed by atoms with Gasteiger partial charge in [0.15, 0.2) is 0 Å². The van der Waals surface area contributed by atoms with Crippen LogP contribution in [0.5, 0.6) is 0 Å². The number of nitro benzene ring substituents is 1.